The Bertz CT molecular complexity index is 719. The molecule has 1 aromatic carbocycles. The monoisotopic (exact) mass is 363 g/mol. The molecule has 4 amide bonds. The average Bonchev–Trinajstić information content (AvgIpc) is 2.62. The molecule has 0 atom stereocenters. The zero-order chi connectivity index (χ0) is 18.3. The lowest BCUT2D eigenvalue weighted by atomic mass is 10.1. The first-order valence-corrected chi connectivity index (χ1v) is 7.10. The summed E-state index contributed by atoms with van der Waals surface area (Å²) in [5.74, 6) is -1.46. The third kappa shape index (κ3) is 3.61. The summed E-state index contributed by atoms with van der Waals surface area (Å²) in [4.78, 5) is 36.3. The topological polar surface area (TPSA) is 78.5 Å². The number of imide groups is 1. The molecular formula is C14H13ClF3N3O3. The number of anilines is 1. The first kappa shape index (κ1) is 18.1. The third-order valence-corrected chi connectivity index (χ3v) is 3.64. The van der Waals surface area contributed by atoms with E-state index in [0.29, 0.717) is 11.0 Å². The first-order valence-electron chi connectivity index (χ1n) is 6.72. The molecule has 6 nitrogen and oxygen atoms in total. The molecule has 2 rings (SSSR count). The minimum atomic E-state index is -4.60. The first-order chi connectivity index (χ1) is 10.9. The number of carbonyl (C=O) groups excluding carboxylic acids is 3. The Morgan fingerprint density at radius 3 is 2.46 bits per heavy atom. The van der Waals surface area contributed by atoms with Crippen molar-refractivity contribution in [2.45, 2.75) is 25.6 Å². The maximum Gasteiger partial charge on any atom is 0.416 e. The lowest BCUT2D eigenvalue weighted by Gasteiger charge is -2.16. The van der Waals surface area contributed by atoms with Gasteiger partial charge in [0.05, 0.1) is 16.3 Å². The molecule has 0 unspecified atom stereocenters. The average molecular weight is 364 g/mol. The van der Waals surface area contributed by atoms with Crippen molar-refractivity contribution in [2.75, 3.05) is 11.9 Å². The second-order valence-electron chi connectivity index (χ2n) is 5.69. The van der Waals surface area contributed by atoms with Gasteiger partial charge in [-0.1, -0.05) is 11.6 Å². The zero-order valence-electron chi connectivity index (χ0n) is 12.6. The molecule has 1 aliphatic heterocycles. The van der Waals surface area contributed by atoms with Gasteiger partial charge < -0.3 is 10.6 Å². The summed E-state index contributed by atoms with van der Waals surface area (Å²) in [5, 5.41) is 4.46. The Morgan fingerprint density at radius 1 is 1.33 bits per heavy atom. The van der Waals surface area contributed by atoms with Crippen molar-refractivity contribution in [3.8, 4) is 0 Å². The van der Waals surface area contributed by atoms with E-state index in [1.807, 2.05) is 0 Å². The Kier molecular flexibility index (Phi) is 4.49. The van der Waals surface area contributed by atoms with Crippen LogP contribution in [0.3, 0.4) is 0 Å². The van der Waals surface area contributed by atoms with Crippen LogP contribution >= 0.6 is 11.6 Å². The van der Waals surface area contributed by atoms with Crippen LogP contribution in [-0.4, -0.2) is 34.8 Å². The molecule has 1 saturated heterocycles. The summed E-state index contributed by atoms with van der Waals surface area (Å²) in [6.45, 7) is 2.30. The maximum absolute atomic E-state index is 12.7. The van der Waals surface area contributed by atoms with Crippen LogP contribution in [0.15, 0.2) is 18.2 Å². The predicted octanol–water partition coefficient (Wildman–Crippen LogP) is 2.63. The molecule has 0 aromatic heterocycles. The second kappa shape index (κ2) is 5.97. The van der Waals surface area contributed by atoms with Crippen LogP contribution in [0.1, 0.15) is 19.4 Å². The van der Waals surface area contributed by atoms with E-state index in [-0.39, 0.29) is 10.7 Å². The number of alkyl halides is 3. The van der Waals surface area contributed by atoms with E-state index in [1.54, 1.807) is 0 Å². The van der Waals surface area contributed by atoms with Gasteiger partial charge >= 0.3 is 12.2 Å². The van der Waals surface area contributed by atoms with E-state index in [4.69, 9.17) is 11.6 Å². The van der Waals surface area contributed by atoms with E-state index in [0.717, 1.165) is 12.1 Å². The summed E-state index contributed by atoms with van der Waals surface area (Å²) >= 11 is 5.77. The van der Waals surface area contributed by atoms with Gasteiger partial charge in [-0.3, -0.25) is 14.5 Å². The Hall–Kier alpha value is -2.29. The molecule has 1 aliphatic rings. The van der Waals surface area contributed by atoms with Crippen LogP contribution in [0, 0.1) is 0 Å². The molecule has 24 heavy (non-hydrogen) atoms. The van der Waals surface area contributed by atoms with Gasteiger partial charge in [-0.05, 0) is 32.0 Å². The molecule has 1 fully saturated rings. The number of carbonyl (C=O) groups is 3. The summed E-state index contributed by atoms with van der Waals surface area (Å²) in [5.41, 5.74) is -2.40. The van der Waals surface area contributed by atoms with E-state index < -0.39 is 41.7 Å². The summed E-state index contributed by atoms with van der Waals surface area (Å²) in [6, 6.07) is 1.69. The highest BCUT2D eigenvalue weighted by Gasteiger charge is 2.44. The molecule has 2 N–H and O–H groups in total. The molecular weight excluding hydrogens is 351 g/mol. The van der Waals surface area contributed by atoms with Crippen molar-refractivity contribution in [3.63, 3.8) is 0 Å². The maximum atomic E-state index is 12.7. The standard InChI is InChI=1S/C14H13ClF3N3O3/c1-13(2)11(23)21(12(24)20-13)6-10(22)19-9-5-7(14(16,17)18)3-4-8(9)15/h3-5H,6H2,1-2H3,(H,19,22)(H,20,24). The number of nitrogens with zero attached hydrogens (tertiary/aromatic N) is 1. The minimum Gasteiger partial charge on any atom is -0.324 e. The van der Waals surface area contributed by atoms with Crippen LogP contribution in [0.5, 0.6) is 0 Å². The predicted molar refractivity (Wildman–Crippen MR) is 79.4 cm³/mol. The van der Waals surface area contributed by atoms with Gasteiger partial charge in [0.15, 0.2) is 0 Å². The largest absolute Gasteiger partial charge is 0.416 e. The summed E-state index contributed by atoms with van der Waals surface area (Å²) in [6.07, 6.45) is -4.60. The minimum absolute atomic E-state index is 0.103. The van der Waals surface area contributed by atoms with E-state index >= 15 is 0 Å². The van der Waals surface area contributed by atoms with Gasteiger partial charge in [0.25, 0.3) is 5.91 Å². The van der Waals surface area contributed by atoms with Crippen molar-refractivity contribution in [1.82, 2.24) is 10.2 Å². The molecule has 0 aliphatic carbocycles. The van der Waals surface area contributed by atoms with Gasteiger partial charge in [-0.25, -0.2) is 4.79 Å². The highest BCUT2D eigenvalue weighted by Crippen LogP contribution is 2.33. The smallest absolute Gasteiger partial charge is 0.324 e. The SMILES string of the molecule is CC1(C)NC(=O)N(CC(=O)Nc2cc(C(F)(F)F)ccc2Cl)C1=O. The molecule has 1 heterocycles. The van der Waals surface area contributed by atoms with E-state index in [1.165, 1.54) is 13.8 Å². The van der Waals surface area contributed by atoms with E-state index in [2.05, 4.69) is 10.6 Å². The fourth-order valence-corrected chi connectivity index (χ4v) is 2.26. The molecule has 10 heteroatoms. The van der Waals surface area contributed by atoms with Crippen molar-refractivity contribution >= 4 is 35.1 Å². The highest BCUT2D eigenvalue weighted by molar-refractivity contribution is 6.33. The number of amides is 4. The van der Waals surface area contributed by atoms with E-state index in [9.17, 15) is 27.6 Å². The van der Waals surface area contributed by atoms with Gasteiger partial charge in [-0.2, -0.15) is 13.2 Å². The summed E-state index contributed by atoms with van der Waals surface area (Å²) < 4.78 is 38.1. The van der Waals surface area contributed by atoms with Gasteiger partial charge in [0.2, 0.25) is 5.91 Å². The normalized spacial score (nSPS) is 17.0. The molecule has 130 valence electrons. The van der Waals surface area contributed by atoms with Crippen molar-refractivity contribution < 1.29 is 27.6 Å². The third-order valence-electron chi connectivity index (χ3n) is 3.31. The number of halogens is 4. The molecule has 0 radical (unpaired) electrons. The zero-order valence-corrected chi connectivity index (χ0v) is 13.4. The quantitative estimate of drug-likeness (QED) is 0.810. The van der Waals surface area contributed by atoms with Crippen molar-refractivity contribution in [2.24, 2.45) is 0 Å². The lowest BCUT2D eigenvalue weighted by molar-refractivity contribution is -0.137. The number of nitrogens with one attached hydrogen (secondary N) is 2. The number of rotatable bonds is 3. The Balaban J connectivity index is 2.14. The Morgan fingerprint density at radius 2 is 1.96 bits per heavy atom. The Labute approximate surface area is 139 Å². The second-order valence-corrected chi connectivity index (χ2v) is 6.09. The van der Waals surface area contributed by atoms with Crippen LogP contribution in [0.2, 0.25) is 5.02 Å². The molecule has 0 spiro atoms. The molecule has 1 aromatic rings. The number of hydrogen-bond donors (Lipinski definition) is 2. The van der Waals surface area contributed by atoms with Crippen molar-refractivity contribution in [3.05, 3.63) is 28.8 Å². The fourth-order valence-electron chi connectivity index (χ4n) is 2.09. The number of hydrogen-bond acceptors (Lipinski definition) is 3. The number of benzene rings is 1. The lowest BCUT2D eigenvalue weighted by Crippen LogP contribution is -2.41. The molecule has 0 bridgehead atoms. The van der Waals surface area contributed by atoms with Crippen LogP contribution in [0.25, 0.3) is 0 Å². The highest BCUT2D eigenvalue weighted by atomic mass is 35.5. The van der Waals surface area contributed by atoms with Gasteiger partial charge in [-0.15, -0.1) is 0 Å². The van der Waals surface area contributed by atoms with Crippen LogP contribution < -0.4 is 10.6 Å². The molecule has 0 saturated carbocycles. The van der Waals surface area contributed by atoms with Crippen molar-refractivity contribution in [1.29, 1.82) is 0 Å². The van der Waals surface area contributed by atoms with Crippen LogP contribution in [-0.2, 0) is 15.8 Å². The summed E-state index contributed by atoms with van der Waals surface area (Å²) in [7, 11) is 0. The van der Waals surface area contributed by atoms with Crippen LogP contribution in [0.4, 0.5) is 23.7 Å². The fraction of sp³-hybridized carbons (Fsp3) is 0.357. The van der Waals surface area contributed by atoms with Gasteiger partial charge in [0, 0.05) is 0 Å². The number of urea groups is 1. The van der Waals surface area contributed by atoms with Gasteiger partial charge in [0.1, 0.15) is 12.1 Å².